The van der Waals surface area contributed by atoms with Gasteiger partial charge in [-0.05, 0) is 37.0 Å². The van der Waals surface area contributed by atoms with Crippen LogP contribution in [-0.4, -0.2) is 42.9 Å². The van der Waals surface area contributed by atoms with Crippen LogP contribution < -0.4 is 10.6 Å². The molecule has 168 valence electrons. The third-order valence-corrected chi connectivity index (χ3v) is 5.73. The Bertz CT molecular complexity index is 735. The summed E-state index contributed by atoms with van der Waals surface area (Å²) in [6, 6.07) is 5.35. The van der Waals surface area contributed by atoms with Crippen molar-refractivity contribution in [2.75, 3.05) is 20.1 Å². The molecule has 1 saturated heterocycles. The Hall–Kier alpha value is -1.52. The number of rotatable bonds is 4. The van der Waals surface area contributed by atoms with Gasteiger partial charge in [-0.15, -0.1) is 24.0 Å². The van der Waals surface area contributed by atoms with Gasteiger partial charge in [-0.3, -0.25) is 9.79 Å². The van der Waals surface area contributed by atoms with E-state index in [2.05, 4.69) is 15.6 Å². The molecule has 1 atom stereocenters. The number of nitrogens with one attached hydrogen (secondary N) is 2. The van der Waals surface area contributed by atoms with Gasteiger partial charge in [-0.2, -0.15) is 13.2 Å². The van der Waals surface area contributed by atoms with E-state index in [1.807, 2.05) is 4.90 Å². The van der Waals surface area contributed by atoms with Gasteiger partial charge in [0.1, 0.15) is 0 Å². The predicted molar refractivity (Wildman–Crippen MR) is 122 cm³/mol. The quantitative estimate of drug-likeness (QED) is 0.344. The van der Waals surface area contributed by atoms with Gasteiger partial charge in [0, 0.05) is 38.6 Å². The largest absolute Gasteiger partial charge is 0.416 e. The second kappa shape index (κ2) is 11.2. The van der Waals surface area contributed by atoms with E-state index in [1.54, 1.807) is 13.1 Å². The Balaban J connectivity index is 0.00000320. The molecule has 1 aliphatic carbocycles. The van der Waals surface area contributed by atoms with Gasteiger partial charge in [-0.1, -0.05) is 31.4 Å². The molecular weight excluding hydrogens is 508 g/mol. The average Bonchev–Trinajstić information content (AvgIpc) is 3.19. The van der Waals surface area contributed by atoms with E-state index >= 15 is 0 Å². The highest BCUT2D eigenvalue weighted by atomic mass is 127. The van der Waals surface area contributed by atoms with E-state index in [4.69, 9.17) is 0 Å². The van der Waals surface area contributed by atoms with Crippen LogP contribution in [0.3, 0.4) is 0 Å². The third kappa shape index (κ3) is 6.75. The number of guanidine groups is 1. The van der Waals surface area contributed by atoms with Crippen molar-refractivity contribution in [1.29, 1.82) is 0 Å². The van der Waals surface area contributed by atoms with E-state index < -0.39 is 11.7 Å². The van der Waals surface area contributed by atoms with Gasteiger partial charge in [0.05, 0.1) is 5.56 Å². The molecule has 1 saturated carbocycles. The van der Waals surface area contributed by atoms with Gasteiger partial charge < -0.3 is 15.5 Å². The van der Waals surface area contributed by atoms with E-state index in [0.29, 0.717) is 18.1 Å². The predicted octanol–water partition coefficient (Wildman–Crippen LogP) is 4.17. The van der Waals surface area contributed by atoms with Crippen LogP contribution in [0.25, 0.3) is 0 Å². The van der Waals surface area contributed by atoms with Crippen molar-refractivity contribution in [3.05, 3.63) is 35.4 Å². The van der Waals surface area contributed by atoms with Crippen molar-refractivity contribution in [3.63, 3.8) is 0 Å². The number of hydrogen-bond donors (Lipinski definition) is 2. The van der Waals surface area contributed by atoms with Crippen LogP contribution in [0.15, 0.2) is 29.3 Å². The van der Waals surface area contributed by atoms with Crippen molar-refractivity contribution in [2.24, 2.45) is 10.9 Å². The Morgan fingerprint density at radius 3 is 2.60 bits per heavy atom. The molecule has 1 heterocycles. The van der Waals surface area contributed by atoms with Gasteiger partial charge >= 0.3 is 6.18 Å². The Kier molecular flexibility index (Phi) is 9.24. The SMILES string of the molecule is CN=C(NCc1cccc(C(F)(F)F)c1)NC1CCN(C(=O)C2CCCCC2)C1.I. The molecule has 1 aliphatic heterocycles. The average molecular weight is 538 g/mol. The summed E-state index contributed by atoms with van der Waals surface area (Å²) in [5, 5.41) is 6.36. The first-order chi connectivity index (χ1) is 13.9. The summed E-state index contributed by atoms with van der Waals surface area (Å²) in [6.45, 7) is 1.61. The molecule has 9 heteroatoms. The minimum Gasteiger partial charge on any atom is -0.352 e. The van der Waals surface area contributed by atoms with Crippen LogP contribution in [0.2, 0.25) is 0 Å². The molecule has 1 amide bonds. The second-order valence-electron chi connectivity index (χ2n) is 7.87. The number of aliphatic imine (C=N–C) groups is 1. The molecule has 1 aromatic rings. The molecule has 0 radical (unpaired) electrons. The number of halogens is 4. The maximum absolute atomic E-state index is 12.9. The van der Waals surface area contributed by atoms with Crippen LogP contribution in [0.4, 0.5) is 13.2 Å². The van der Waals surface area contributed by atoms with Crippen molar-refractivity contribution in [2.45, 2.75) is 57.3 Å². The lowest BCUT2D eigenvalue weighted by Crippen LogP contribution is -2.45. The molecular formula is C21H30F3IN4O. The molecule has 5 nitrogen and oxygen atoms in total. The Morgan fingerprint density at radius 1 is 1.20 bits per heavy atom. The topological polar surface area (TPSA) is 56.7 Å². The fraction of sp³-hybridized carbons (Fsp3) is 0.619. The van der Waals surface area contributed by atoms with Crippen molar-refractivity contribution >= 4 is 35.8 Å². The van der Waals surface area contributed by atoms with Gasteiger partial charge in [0.25, 0.3) is 0 Å². The highest BCUT2D eigenvalue weighted by Gasteiger charge is 2.32. The maximum Gasteiger partial charge on any atom is 0.416 e. The first-order valence-corrected chi connectivity index (χ1v) is 10.3. The number of carbonyl (C=O) groups is 1. The number of hydrogen-bond acceptors (Lipinski definition) is 2. The van der Waals surface area contributed by atoms with Crippen molar-refractivity contribution in [3.8, 4) is 0 Å². The van der Waals surface area contributed by atoms with E-state index in [-0.39, 0.29) is 48.4 Å². The highest BCUT2D eigenvalue weighted by molar-refractivity contribution is 14.0. The fourth-order valence-corrected chi connectivity index (χ4v) is 4.12. The maximum atomic E-state index is 12.9. The molecule has 2 N–H and O–H groups in total. The van der Waals surface area contributed by atoms with Crippen LogP contribution in [0.5, 0.6) is 0 Å². The Labute approximate surface area is 192 Å². The lowest BCUT2D eigenvalue weighted by Gasteiger charge is -2.26. The molecule has 2 aliphatic rings. The summed E-state index contributed by atoms with van der Waals surface area (Å²) >= 11 is 0. The van der Waals surface area contributed by atoms with Gasteiger partial charge in [-0.25, -0.2) is 0 Å². The van der Waals surface area contributed by atoms with Crippen LogP contribution >= 0.6 is 24.0 Å². The summed E-state index contributed by atoms with van der Waals surface area (Å²) in [4.78, 5) is 18.8. The zero-order valence-corrected chi connectivity index (χ0v) is 19.5. The summed E-state index contributed by atoms with van der Waals surface area (Å²) in [6.07, 6.45) is 1.97. The molecule has 0 aromatic heterocycles. The third-order valence-electron chi connectivity index (χ3n) is 5.73. The standard InChI is InChI=1S/C21H29F3N4O.HI/c1-25-20(26-13-15-6-5-9-17(12-15)21(22,23)24)27-18-10-11-28(14-18)19(29)16-7-3-2-4-8-16;/h5-6,9,12,16,18H,2-4,7-8,10-11,13-14H2,1H3,(H2,25,26,27);1H. The van der Waals surface area contributed by atoms with Gasteiger partial charge in [0.15, 0.2) is 5.96 Å². The zero-order chi connectivity index (χ0) is 20.9. The van der Waals surface area contributed by atoms with Crippen LogP contribution in [0, 0.1) is 5.92 Å². The molecule has 3 rings (SSSR count). The number of nitrogens with zero attached hydrogens (tertiary/aromatic N) is 2. The Morgan fingerprint density at radius 2 is 1.93 bits per heavy atom. The number of amides is 1. The smallest absolute Gasteiger partial charge is 0.352 e. The molecule has 0 spiro atoms. The van der Waals surface area contributed by atoms with E-state index in [0.717, 1.165) is 50.8 Å². The first kappa shape index (κ1) is 24.7. The highest BCUT2D eigenvalue weighted by Crippen LogP contribution is 2.29. The monoisotopic (exact) mass is 538 g/mol. The van der Waals surface area contributed by atoms with Gasteiger partial charge in [0.2, 0.25) is 5.91 Å². The summed E-state index contributed by atoms with van der Waals surface area (Å²) in [5.74, 6) is 0.959. The first-order valence-electron chi connectivity index (χ1n) is 10.3. The minimum atomic E-state index is -4.35. The van der Waals surface area contributed by atoms with E-state index in [9.17, 15) is 18.0 Å². The summed E-state index contributed by atoms with van der Waals surface area (Å²) in [7, 11) is 1.63. The zero-order valence-electron chi connectivity index (χ0n) is 17.2. The molecule has 1 unspecified atom stereocenters. The number of carbonyl (C=O) groups excluding carboxylic acids is 1. The second-order valence-corrected chi connectivity index (χ2v) is 7.87. The molecule has 2 fully saturated rings. The molecule has 1 aromatic carbocycles. The lowest BCUT2D eigenvalue weighted by molar-refractivity contribution is -0.137. The number of alkyl halides is 3. The minimum absolute atomic E-state index is 0. The van der Waals surface area contributed by atoms with Crippen LogP contribution in [-0.2, 0) is 17.5 Å². The number of likely N-dealkylation sites (tertiary alicyclic amines) is 1. The van der Waals surface area contributed by atoms with Crippen molar-refractivity contribution < 1.29 is 18.0 Å². The van der Waals surface area contributed by atoms with Crippen molar-refractivity contribution in [1.82, 2.24) is 15.5 Å². The van der Waals surface area contributed by atoms with Crippen LogP contribution in [0.1, 0.15) is 49.7 Å². The lowest BCUT2D eigenvalue weighted by atomic mass is 9.88. The molecule has 30 heavy (non-hydrogen) atoms. The summed E-state index contributed by atoms with van der Waals surface area (Å²) < 4.78 is 38.6. The molecule has 0 bridgehead atoms. The summed E-state index contributed by atoms with van der Waals surface area (Å²) in [5.41, 5.74) is -0.129. The normalized spacial score (nSPS) is 20.6. The van der Waals surface area contributed by atoms with E-state index in [1.165, 1.54) is 12.5 Å². The fourth-order valence-electron chi connectivity index (χ4n) is 4.12. The number of benzene rings is 1.